The molecule has 0 aliphatic carbocycles. The van der Waals surface area contributed by atoms with Crippen LogP contribution >= 0.6 is 0 Å². The lowest BCUT2D eigenvalue weighted by Crippen LogP contribution is -2.40. The van der Waals surface area contributed by atoms with Gasteiger partial charge in [0, 0.05) is 19.6 Å². The first-order chi connectivity index (χ1) is 11.7. The molecule has 3 rings (SSSR count). The Bertz CT molecular complexity index is 700. The topological polar surface area (TPSA) is 41.6 Å². The first-order valence-electron chi connectivity index (χ1n) is 8.43. The Hall–Kier alpha value is -2.33. The summed E-state index contributed by atoms with van der Waals surface area (Å²) in [5.41, 5.74) is 3.92. The third-order valence-electron chi connectivity index (χ3n) is 4.45. The van der Waals surface area contributed by atoms with Crippen molar-refractivity contribution in [2.24, 2.45) is 0 Å². The Morgan fingerprint density at radius 1 is 1.17 bits per heavy atom. The van der Waals surface area contributed by atoms with Crippen LogP contribution in [0, 0.1) is 0 Å². The number of methoxy groups -OCH3 is 1. The first kappa shape index (κ1) is 16.5. The molecule has 1 aliphatic heterocycles. The van der Waals surface area contributed by atoms with Crippen molar-refractivity contribution in [2.45, 2.75) is 19.4 Å². The SMILES string of the molecule is COc1cccc(CCNC(=O)CN2CCc3ccccc3C2)c1. The van der Waals surface area contributed by atoms with Crippen LogP contribution in [-0.4, -0.2) is 37.6 Å². The maximum Gasteiger partial charge on any atom is 0.234 e. The number of amides is 1. The average molecular weight is 324 g/mol. The summed E-state index contributed by atoms with van der Waals surface area (Å²) >= 11 is 0. The van der Waals surface area contributed by atoms with Gasteiger partial charge >= 0.3 is 0 Å². The van der Waals surface area contributed by atoms with E-state index in [1.807, 2.05) is 18.2 Å². The Morgan fingerprint density at radius 2 is 2.00 bits per heavy atom. The summed E-state index contributed by atoms with van der Waals surface area (Å²) < 4.78 is 5.22. The van der Waals surface area contributed by atoms with Gasteiger partial charge in [0.05, 0.1) is 13.7 Å². The number of nitrogens with one attached hydrogen (secondary N) is 1. The minimum absolute atomic E-state index is 0.0947. The summed E-state index contributed by atoms with van der Waals surface area (Å²) in [4.78, 5) is 14.4. The van der Waals surface area contributed by atoms with Gasteiger partial charge in [-0.25, -0.2) is 0 Å². The fraction of sp³-hybridized carbons (Fsp3) is 0.350. The Balaban J connectivity index is 1.43. The molecule has 1 heterocycles. The number of carbonyl (C=O) groups is 1. The van der Waals surface area contributed by atoms with Crippen molar-refractivity contribution < 1.29 is 9.53 Å². The molecule has 0 atom stereocenters. The van der Waals surface area contributed by atoms with Gasteiger partial charge in [-0.3, -0.25) is 9.69 Å². The van der Waals surface area contributed by atoms with Gasteiger partial charge in [0.25, 0.3) is 0 Å². The van der Waals surface area contributed by atoms with Gasteiger partial charge in [-0.05, 0) is 41.7 Å². The highest BCUT2D eigenvalue weighted by molar-refractivity contribution is 5.78. The van der Waals surface area contributed by atoms with Gasteiger partial charge in [-0.1, -0.05) is 36.4 Å². The molecule has 0 saturated carbocycles. The molecule has 0 saturated heterocycles. The second kappa shape index (κ2) is 7.97. The van der Waals surface area contributed by atoms with Crippen molar-refractivity contribution in [2.75, 3.05) is 26.7 Å². The lowest BCUT2D eigenvalue weighted by atomic mass is 10.00. The van der Waals surface area contributed by atoms with Gasteiger partial charge in [0.15, 0.2) is 0 Å². The number of ether oxygens (including phenoxy) is 1. The summed E-state index contributed by atoms with van der Waals surface area (Å²) in [6.45, 7) is 2.92. The predicted octanol–water partition coefficient (Wildman–Crippen LogP) is 2.41. The molecule has 1 aliphatic rings. The van der Waals surface area contributed by atoms with Crippen LogP contribution in [0.1, 0.15) is 16.7 Å². The van der Waals surface area contributed by atoms with Crippen LogP contribution in [0.25, 0.3) is 0 Å². The number of fused-ring (bicyclic) bond motifs is 1. The summed E-state index contributed by atoms with van der Waals surface area (Å²) in [6, 6.07) is 16.4. The number of hydrogen-bond acceptors (Lipinski definition) is 3. The largest absolute Gasteiger partial charge is 0.497 e. The predicted molar refractivity (Wildman–Crippen MR) is 95.1 cm³/mol. The number of nitrogens with zero attached hydrogens (tertiary/aromatic N) is 1. The second-order valence-corrected chi connectivity index (χ2v) is 6.18. The molecule has 0 aromatic heterocycles. The highest BCUT2D eigenvalue weighted by Crippen LogP contribution is 2.18. The molecule has 0 radical (unpaired) electrons. The number of benzene rings is 2. The fourth-order valence-corrected chi connectivity index (χ4v) is 3.12. The third-order valence-corrected chi connectivity index (χ3v) is 4.45. The third kappa shape index (κ3) is 4.36. The monoisotopic (exact) mass is 324 g/mol. The lowest BCUT2D eigenvalue weighted by molar-refractivity contribution is -0.122. The van der Waals surface area contributed by atoms with Gasteiger partial charge in [-0.2, -0.15) is 0 Å². The number of carbonyl (C=O) groups excluding carboxylic acids is 1. The van der Waals surface area contributed by atoms with Gasteiger partial charge in [-0.15, -0.1) is 0 Å². The summed E-state index contributed by atoms with van der Waals surface area (Å²) in [6.07, 6.45) is 1.83. The van der Waals surface area contributed by atoms with Crippen molar-refractivity contribution in [3.05, 3.63) is 65.2 Å². The van der Waals surface area contributed by atoms with Crippen molar-refractivity contribution in [3.8, 4) is 5.75 Å². The fourth-order valence-electron chi connectivity index (χ4n) is 3.12. The zero-order chi connectivity index (χ0) is 16.8. The minimum Gasteiger partial charge on any atom is -0.497 e. The van der Waals surface area contributed by atoms with Gasteiger partial charge < -0.3 is 10.1 Å². The average Bonchev–Trinajstić information content (AvgIpc) is 2.62. The molecule has 126 valence electrons. The van der Waals surface area contributed by atoms with Crippen molar-refractivity contribution in [3.63, 3.8) is 0 Å². The highest BCUT2D eigenvalue weighted by Gasteiger charge is 2.17. The molecule has 0 fully saturated rings. The molecule has 1 N–H and O–H groups in total. The standard InChI is InChI=1S/C20H24N2O2/c1-24-19-8-4-5-16(13-19)9-11-21-20(23)15-22-12-10-17-6-2-3-7-18(17)14-22/h2-8,13H,9-12,14-15H2,1H3,(H,21,23). The zero-order valence-corrected chi connectivity index (χ0v) is 14.1. The normalized spacial score (nSPS) is 14.0. The molecule has 1 amide bonds. The van der Waals surface area contributed by atoms with Crippen molar-refractivity contribution in [1.82, 2.24) is 10.2 Å². The Morgan fingerprint density at radius 3 is 2.83 bits per heavy atom. The van der Waals surface area contributed by atoms with E-state index < -0.39 is 0 Å². The molecule has 4 nitrogen and oxygen atoms in total. The van der Waals surface area contributed by atoms with Crippen LogP contribution in [0.2, 0.25) is 0 Å². The lowest BCUT2D eigenvalue weighted by Gasteiger charge is -2.28. The van der Waals surface area contributed by atoms with E-state index in [-0.39, 0.29) is 5.91 Å². The Kier molecular flexibility index (Phi) is 5.49. The molecule has 0 bridgehead atoms. The zero-order valence-electron chi connectivity index (χ0n) is 14.1. The van der Waals surface area contributed by atoms with Crippen molar-refractivity contribution >= 4 is 5.91 Å². The molecular formula is C20H24N2O2. The van der Waals surface area contributed by atoms with Crippen LogP contribution in [0.5, 0.6) is 5.75 Å². The van der Waals surface area contributed by atoms with Crippen molar-refractivity contribution in [1.29, 1.82) is 0 Å². The van der Waals surface area contributed by atoms with Crippen LogP contribution in [0.3, 0.4) is 0 Å². The number of rotatable bonds is 6. The summed E-state index contributed by atoms with van der Waals surface area (Å²) in [5.74, 6) is 0.947. The summed E-state index contributed by atoms with van der Waals surface area (Å²) in [5, 5.41) is 3.02. The van der Waals surface area contributed by atoms with E-state index in [2.05, 4.69) is 40.5 Å². The minimum atomic E-state index is 0.0947. The maximum absolute atomic E-state index is 12.2. The van der Waals surface area contributed by atoms with E-state index in [9.17, 15) is 4.79 Å². The van der Waals surface area contributed by atoms with E-state index in [0.717, 1.165) is 31.7 Å². The van der Waals surface area contributed by atoms with Gasteiger partial charge in [0.1, 0.15) is 5.75 Å². The molecule has 2 aromatic rings. The molecular weight excluding hydrogens is 300 g/mol. The maximum atomic E-state index is 12.2. The van der Waals surface area contributed by atoms with Gasteiger partial charge in [0.2, 0.25) is 5.91 Å². The number of hydrogen-bond donors (Lipinski definition) is 1. The van der Waals surface area contributed by atoms with Crippen LogP contribution < -0.4 is 10.1 Å². The summed E-state index contributed by atoms with van der Waals surface area (Å²) in [7, 11) is 1.66. The van der Waals surface area contributed by atoms with E-state index >= 15 is 0 Å². The van der Waals surface area contributed by atoms with E-state index in [1.165, 1.54) is 16.7 Å². The molecule has 0 spiro atoms. The van der Waals surface area contributed by atoms with Crippen LogP contribution in [0.15, 0.2) is 48.5 Å². The molecule has 0 unspecified atom stereocenters. The van der Waals surface area contributed by atoms with Crippen LogP contribution in [-0.2, 0) is 24.2 Å². The second-order valence-electron chi connectivity index (χ2n) is 6.18. The smallest absolute Gasteiger partial charge is 0.234 e. The van der Waals surface area contributed by atoms with E-state index in [4.69, 9.17) is 4.74 Å². The quantitative estimate of drug-likeness (QED) is 0.887. The van der Waals surface area contributed by atoms with Crippen LogP contribution in [0.4, 0.5) is 0 Å². The first-order valence-corrected chi connectivity index (χ1v) is 8.43. The molecule has 4 heteroatoms. The highest BCUT2D eigenvalue weighted by atomic mass is 16.5. The molecule has 2 aromatic carbocycles. The van der Waals surface area contributed by atoms with E-state index in [0.29, 0.717) is 13.1 Å². The molecule has 24 heavy (non-hydrogen) atoms. The van der Waals surface area contributed by atoms with E-state index in [1.54, 1.807) is 7.11 Å². The Labute approximate surface area is 143 Å².